The number of carbonyl (C=O) groups excluding carboxylic acids is 1. The van der Waals surface area contributed by atoms with E-state index >= 15 is 0 Å². The number of aryl methyl sites for hydroxylation is 1. The third-order valence-corrected chi connectivity index (χ3v) is 3.17. The molecule has 1 aliphatic rings. The quantitative estimate of drug-likeness (QED) is 0.822. The molecule has 17 heavy (non-hydrogen) atoms. The predicted octanol–water partition coefficient (Wildman–Crippen LogP) is 1.11. The number of hydrogen-bond donors (Lipinski definition) is 2. The molecule has 0 aliphatic heterocycles. The first-order valence-electron chi connectivity index (χ1n) is 5.52. The number of amides is 1. The average molecular weight is 238 g/mol. The van der Waals surface area contributed by atoms with E-state index in [2.05, 4.69) is 10.5 Å². The maximum atomic E-state index is 11.9. The Balaban J connectivity index is 2.17. The molecule has 6 nitrogen and oxygen atoms in total. The lowest BCUT2D eigenvalue weighted by Gasteiger charge is -2.24. The number of hydrogen-bond acceptors (Lipinski definition) is 4. The van der Waals surface area contributed by atoms with Crippen molar-refractivity contribution in [2.45, 2.75) is 38.1 Å². The first kappa shape index (κ1) is 11.6. The Morgan fingerprint density at radius 1 is 1.47 bits per heavy atom. The second-order valence-electron chi connectivity index (χ2n) is 4.39. The Labute approximate surface area is 98.0 Å². The normalized spacial score (nSPS) is 17.9. The van der Waals surface area contributed by atoms with Crippen LogP contribution in [-0.4, -0.2) is 27.7 Å². The molecule has 1 fully saturated rings. The Morgan fingerprint density at radius 2 is 2.12 bits per heavy atom. The summed E-state index contributed by atoms with van der Waals surface area (Å²) >= 11 is 0. The second-order valence-corrected chi connectivity index (χ2v) is 4.39. The fraction of sp³-hybridized carbons (Fsp3) is 0.545. The highest BCUT2D eigenvalue weighted by Gasteiger charge is 2.43. The van der Waals surface area contributed by atoms with Crippen LogP contribution in [0.3, 0.4) is 0 Å². The van der Waals surface area contributed by atoms with Crippen molar-refractivity contribution in [3.8, 4) is 0 Å². The summed E-state index contributed by atoms with van der Waals surface area (Å²) in [6.45, 7) is 1.69. The lowest BCUT2D eigenvalue weighted by atomic mass is 9.97. The molecule has 0 aromatic carbocycles. The van der Waals surface area contributed by atoms with Gasteiger partial charge in [0.15, 0.2) is 0 Å². The summed E-state index contributed by atoms with van der Waals surface area (Å²) in [7, 11) is 0. The smallest absolute Gasteiger partial charge is 0.329 e. The Morgan fingerprint density at radius 3 is 2.59 bits per heavy atom. The first-order valence-corrected chi connectivity index (χ1v) is 5.52. The van der Waals surface area contributed by atoms with Gasteiger partial charge in [-0.25, -0.2) is 4.79 Å². The van der Waals surface area contributed by atoms with Crippen LogP contribution in [0.5, 0.6) is 0 Å². The van der Waals surface area contributed by atoms with Gasteiger partial charge in [0.05, 0.1) is 6.20 Å². The van der Waals surface area contributed by atoms with Gasteiger partial charge in [-0.2, -0.15) is 0 Å². The number of rotatable bonds is 3. The van der Waals surface area contributed by atoms with Crippen molar-refractivity contribution in [2.75, 3.05) is 0 Å². The third-order valence-electron chi connectivity index (χ3n) is 3.17. The van der Waals surface area contributed by atoms with Gasteiger partial charge >= 0.3 is 5.97 Å². The molecule has 6 heteroatoms. The van der Waals surface area contributed by atoms with E-state index in [4.69, 9.17) is 4.52 Å². The number of carbonyl (C=O) groups is 2. The van der Waals surface area contributed by atoms with Crippen LogP contribution in [0.2, 0.25) is 0 Å². The van der Waals surface area contributed by atoms with Crippen molar-refractivity contribution in [1.29, 1.82) is 0 Å². The SMILES string of the molecule is Cc1cnoc1C(=O)NC1(C(=O)O)CCCC1. The molecule has 0 bridgehead atoms. The van der Waals surface area contributed by atoms with Crippen molar-refractivity contribution < 1.29 is 19.2 Å². The average Bonchev–Trinajstić information content (AvgIpc) is 2.87. The molecule has 1 aromatic heterocycles. The standard InChI is InChI=1S/C11H14N2O4/c1-7-6-12-17-8(7)9(14)13-11(10(15)16)4-2-3-5-11/h6H,2-5H2,1H3,(H,13,14)(H,15,16). The van der Waals surface area contributed by atoms with Gasteiger partial charge in [-0.3, -0.25) is 4.79 Å². The highest BCUT2D eigenvalue weighted by Crippen LogP contribution is 2.30. The molecule has 2 N–H and O–H groups in total. The van der Waals surface area contributed by atoms with Gasteiger partial charge in [0.1, 0.15) is 5.54 Å². The summed E-state index contributed by atoms with van der Waals surface area (Å²) < 4.78 is 4.81. The number of carboxylic acids is 1. The van der Waals surface area contributed by atoms with Crippen LogP contribution >= 0.6 is 0 Å². The largest absolute Gasteiger partial charge is 0.480 e. The van der Waals surface area contributed by atoms with Gasteiger partial charge in [-0.15, -0.1) is 0 Å². The fourth-order valence-electron chi connectivity index (χ4n) is 2.15. The maximum Gasteiger partial charge on any atom is 0.329 e. The Bertz CT molecular complexity index is 446. The summed E-state index contributed by atoms with van der Waals surface area (Å²) in [5.41, 5.74) is -0.544. The van der Waals surface area contributed by atoms with Gasteiger partial charge in [0.2, 0.25) is 5.76 Å². The van der Waals surface area contributed by atoms with Gasteiger partial charge in [0.25, 0.3) is 5.91 Å². The number of aliphatic carboxylic acids is 1. The van der Waals surface area contributed by atoms with Crippen molar-refractivity contribution >= 4 is 11.9 Å². The molecular weight excluding hydrogens is 224 g/mol. The highest BCUT2D eigenvalue weighted by molar-refractivity contribution is 5.96. The number of nitrogens with one attached hydrogen (secondary N) is 1. The van der Waals surface area contributed by atoms with E-state index in [0.29, 0.717) is 18.4 Å². The third kappa shape index (κ3) is 2.02. The van der Waals surface area contributed by atoms with E-state index in [-0.39, 0.29) is 5.76 Å². The molecule has 0 unspecified atom stereocenters. The molecule has 1 aliphatic carbocycles. The van der Waals surface area contributed by atoms with E-state index < -0.39 is 17.4 Å². The Kier molecular flexibility index (Phi) is 2.87. The van der Waals surface area contributed by atoms with Gasteiger partial charge in [0, 0.05) is 5.56 Å². The predicted molar refractivity (Wildman–Crippen MR) is 57.5 cm³/mol. The summed E-state index contributed by atoms with van der Waals surface area (Å²) in [5.74, 6) is -1.41. The zero-order chi connectivity index (χ0) is 12.5. The van der Waals surface area contributed by atoms with Gasteiger partial charge in [-0.1, -0.05) is 18.0 Å². The van der Waals surface area contributed by atoms with E-state index in [9.17, 15) is 14.7 Å². The second kappa shape index (κ2) is 4.20. The Hall–Kier alpha value is -1.85. The van der Waals surface area contributed by atoms with Gasteiger partial charge < -0.3 is 14.9 Å². The minimum atomic E-state index is -1.14. The minimum absolute atomic E-state index is 0.0810. The fourth-order valence-corrected chi connectivity index (χ4v) is 2.15. The monoisotopic (exact) mass is 238 g/mol. The molecule has 2 rings (SSSR count). The van der Waals surface area contributed by atoms with E-state index in [1.54, 1.807) is 6.92 Å². The molecular formula is C11H14N2O4. The minimum Gasteiger partial charge on any atom is -0.480 e. The van der Waals surface area contributed by atoms with E-state index in [1.807, 2.05) is 0 Å². The van der Waals surface area contributed by atoms with E-state index in [0.717, 1.165) is 12.8 Å². The summed E-state index contributed by atoms with van der Waals surface area (Å²) in [6, 6.07) is 0. The number of carboxylic acid groups (broad SMARTS) is 1. The summed E-state index contributed by atoms with van der Waals surface area (Å²) in [5, 5.41) is 15.3. The molecule has 92 valence electrons. The number of nitrogens with zero attached hydrogens (tertiary/aromatic N) is 1. The molecule has 1 aromatic rings. The lowest BCUT2D eigenvalue weighted by molar-refractivity contribution is -0.144. The maximum absolute atomic E-state index is 11.9. The zero-order valence-corrected chi connectivity index (χ0v) is 9.52. The molecule has 1 heterocycles. The van der Waals surface area contributed by atoms with Crippen molar-refractivity contribution in [2.24, 2.45) is 0 Å². The molecule has 1 saturated carbocycles. The zero-order valence-electron chi connectivity index (χ0n) is 9.52. The molecule has 0 atom stereocenters. The first-order chi connectivity index (χ1) is 8.05. The molecule has 1 amide bonds. The van der Waals surface area contributed by atoms with Crippen molar-refractivity contribution in [3.05, 3.63) is 17.5 Å². The molecule has 0 radical (unpaired) electrons. The van der Waals surface area contributed by atoms with Crippen LogP contribution in [0, 0.1) is 6.92 Å². The van der Waals surface area contributed by atoms with Crippen LogP contribution in [0.25, 0.3) is 0 Å². The van der Waals surface area contributed by atoms with Crippen molar-refractivity contribution in [3.63, 3.8) is 0 Å². The van der Waals surface area contributed by atoms with Gasteiger partial charge in [-0.05, 0) is 19.8 Å². The van der Waals surface area contributed by atoms with Crippen LogP contribution < -0.4 is 5.32 Å². The van der Waals surface area contributed by atoms with Crippen LogP contribution in [0.15, 0.2) is 10.7 Å². The summed E-state index contributed by atoms with van der Waals surface area (Å²) in [6.07, 6.45) is 3.96. The summed E-state index contributed by atoms with van der Waals surface area (Å²) in [4.78, 5) is 23.1. The highest BCUT2D eigenvalue weighted by atomic mass is 16.5. The van der Waals surface area contributed by atoms with Crippen LogP contribution in [0.4, 0.5) is 0 Å². The van der Waals surface area contributed by atoms with E-state index in [1.165, 1.54) is 6.20 Å². The van der Waals surface area contributed by atoms with Crippen LogP contribution in [-0.2, 0) is 4.79 Å². The van der Waals surface area contributed by atoms with Crippen molar-refractivity contribution in [1.82, 2.24) is 10.5 Å². The molecule has 0 spiro atoms. The lowest BCUT2D eigenvalue weighted by Crippen LogP contribution is -2.52. The topological polar surface area (TPSA) is 92.4 Å². The number of aromatic nitrogens is 1. The van der Waals surface area contributed by atoms with Crippen LogP contribution in [0.1, 0.15) is 41.8 Å². The molecule has 0 saturated heterocycles.